The van der Waals surface area contributed by atoms with Gasteiger partial charge in [0.15, 0.2) is 0 Å². The lowest BCUT2D eigenvalue weighted by Crippen LogP contribution is -2.28. The van der Waals surface area contributed by atoms with Crippen molar-refractivity contribution in [2.45, 2.75) is 64.8 Å². The van der Waals surface area contributed by atoms with Crippen molar-refractivity contribution in [2.24, 2.45) is 0 Å². The minimum atomic E-state index is 0.304. The van der Waals surface area contributed by atoms with Crippen LogP contribution < -0.4 is 5.32 Å². The maximum absolute atomic E-state index is 5.46. The Labute approximate surface area is 89.7 Å². The Kier molecular flexibility index (Phi) is 10.2. The van der Waals surface area contributed by atoms with E-state index in [1.165, 1.54) is 38.5 Å². The molecule has 1 N–H and O–H groups in total. The van der Waals surface area contributed by atoms with Crippen molar-refractivity contribution in [3.05, 3.63) is 0 Å². The van der Waals surface area contributed by atoms with Gasteiger partial charge in [0.05, 0.1) is 6.04 Å². The van der Waals surface area contributed by atoms with Gasteiger partial charge in [-0.25, -0.2) is 0 Å². The molecule has 1 atom stereocenters. The summed E-state index contributed by atoms with van der Waals surface area (Å²) in [6.45, 7) is 5.51. The molecule has 0 aromatic carbocycles. The second-order valence-electron chi connectivity index (χ2n) is 3.88. The summed E-state index contributed by atoms with van der Waals surface area (Å²) in [4.78, 5) is 0. The molecule has 0 aromatic rings. The van der Waals surface area contributed by atoms with Crippen molar-refractivity contribution >= 4 is 0 Å². The van der Waals surface area contributed by atoms with Crippen LogP contribution in [-0.2, 0) is 0 Å². The molecule has 0 bridgehead atoms. The normalized spacial score (nSPS) is 12.4. The number of hydrogen-bond donors (Lipinski definition) is 1. The Bertz CT molecular complexity index is 146. The lowest BCUT2D eigenvalue weighted by atomic mass is 10.1. The molecule has 0 aliphatic carbocycles. The zero-order valence-corrected chi connectivity index (χ0v) is 9.81. The standard InChI is InChI=1S/C13H25N/c1-4-7-9-10-11-13(6-3)14-12-8-5-2/h3,13-14H,4-5,7-12H2,1-2H3. The average molecular weight is 195 g/mol. The van der Waals surface area contributed by atoms with Gasteiger partial charge in [0.25, 0.3) is 0 Å². The minimum Gasteiger partial charge on any atom is -0.304 e. The maximum atomic E-state index is 5.46. The van der Waals surface area contributed by atoms with Gasteiger partial charge in [-0.15, -0.1) is 6.42 Å². The van der Waals surface area contributed by atoms with E-state index in [-0.39, 0.29) is 0 Å². The molecular formula is C13H25N. The van der Waals surface area contributed by atoms with Crippen LogP contribution in [-0.4, -0.2) is 12.6 Å². The fraction of sp³-hybridized carbons (Fsp3) is 0.846. The second kappa shape index (κ2) is 10.6. The third-order valence-corrected chi connectivity index (χ3v) is 2.47. The summed E-state index contributed by atoms with van der Waals surface area (Å²) in [5.41, 5.74) is 0. The molecule has 0 heterocycles. The fourth-order valence-corrected chi connectivity index (χ4v) is 1.47. The molecule has 1 nitrogen and oxygen atoms in total. The van der Waals surface area contributed by atoms with Gasteiger partial charge < -0.3 is 5.32 Å². The zero-order chi connectivity index (χ0) is 10.6. The SMILES string of the molecule is C#CC(CCCCCC)NCCCC. The highest BCUT2D eigenvalue weighted by Crippen LogP contribution is 2.05. The molecule has 0 rings (SSSR count). The lowest BCUT2D eigenvalue weighted by Gasteiger charge is -2.12. The van der Waals surface area contributed by atoms with Crippen molar-refractivity contribution < 1.29 is 0 Å². The highest BCUT2D eigenvalue weighted by atomic mass is 14.9. The van der Waals surface area contributed by atoms with Crippen LogP contribution in [0.25, 0.3) is 0 Å². The van der Waals surface area contributed by atoms with Crippen molar-refractivity contribution in [3.8, 4) is 12.3 Å². The van der Waals surface area contributed by atoms with Gasteiger partial charge in [0, 0.05) is 0 Å². The van der Waals surface area contributed by atoms with Crippen molar-refractivity contribution in [1.82, 2.24) is 5.32 Å². The Balaban J connectivity index is 3.35. The Morgan fingerprint density at radius 2 is 1.79 bits per heavy atom. The van der Waals surface area contributed by atoms with Crippen LogP contribution in [0.2, 0.25) is 0 Å². The van der Waals surface area contributed by atoms with Gasteiger partial charge in [-0.3, -0.25) is 0 Å². The molecule has 0 aliphatic rings. The van der Waals surface area contributed by atoms with E-state index in [2.05, 4.69) is 25.1 Å². The molecule has 0 fully saturated rings. The smallest absolute Gasteiger partial charge is 0.0686 e. The molecule has 0 aromatic heterocycles. The lowest BCUT2D eigenvalue weighted by molar-refractivity contribution is 0.518. The topological polar surface area (TPSA) is 12.0 Å². The molecule has 0 radical (unpaired) electrons. The van der Waals surface area contributed by atoms with Gasteiger partial charge in [0.2, 0.25) is 0 Å². The zero-order valence-electron chi connectivity index (χ0n) is 9.81. The van der Waals surface area contributed by atoms with Crippen LogP contribution in [0, 0.1) is 12.3 Å². The van der Waals surface area contributed by atoms with Gasteiger partial charge in [-0.05, 0) is 19.4 Å². The third-order valence-electron chi connectivity index (χ3n) is 2.47. The Morgan fingerprint density at radius 3 is 2.36 bits per heavy atom. The number of hydrogen-bond acceptors (Lipinski definition) is 1. The van der Waals surface area contributed by atoms with Gasteiger partial charge >= 0.3 is 0 Å². The van der Waals surface area contributed by atoms with E-state index >= 15 is 0 Å². The van der Waals surface area contributed by atoms with Crippen LogP contribution >= 0.6 is 0 Å². The minimum absolute atomic E-state index is 0.304. The van der Waals surface area contributed by atoms with E-state index in [0.29, 0.717) is 6.04 Å². The van der Waals surface area contributed by atoms with E-state index in [1.54, 1.807) is 0 Å². The number of nitrogens with one attached hydrogen (secondary N) is 1. The Hall–Kier alpha value is -0.480. The first kappa shape index (κ1) is 13.5. The molecule has 82 valence electrons. The van der Waals surface area contributed by atoms with Crippen LogP contribution in [0.15, 0.2) is 0 Å². The summed E-state index contributed by atoms with van der Waals surface area (Å²) >= 11 is 0. The summed E-state index contributed by atoms with van der Waals surface area (Å²) in [6.07, 6.45) is 14.3. The van der Waals surface area contributed by atoms with Gasteiger partial charge in [0.1, 0.15) is 0 Å². The highest BCUT2D eigenvalue weighted by molar-refractivity contribution is 4.98. The van der Waals surface area contributed by atoms with E-state index in [9.17, 15) is 0 Å². The van der Waals surface area contributed by atoms with Crippen molar-refractivity contribution in [1.29, 1.82) is 0 Å². The molecule has 0 spiro atoms. The summed E-state index contributed by atoms with van der Waals surface area (Å²) in [5, 5.41) is 3.41. The van der Waals surface area contributed by atoms with E-state index in [1.807, 2.05) is 0 Å². The predicted octanol–water partition coefficient (Wildman–Crippen LogP) is 3.35. The number of unbranched alkanes of at least 4 members (excludes halogenated alkanes) is 4. The van der Waals surface area contributed by atoms with E-state index < -0.39 is 0 Å². The molecule has 14 heavy (non-hydrogen) atoms. The van der Waals surface area contributed by atoms with Crippen LogP contribution in [0.3, 0.4) is 0 Å². The maximum Gasteiger partial charge on any atom is 0.0686 e. The van der Waals surface area contributed by atoms with Gasteiger partial charge in [-0.1, -0.05) is 51.9 Å². The first-order valence-electron chi connectivity index (χ1n) is 6.04. The quantitative estimate of drug-likeness (QED) is 0.439. The largest absolute Gasteiger partial charge is 0.304 e. The van der Waals surface area contributed by atoms with Crippen molar-refractivity contribution in [3.63, 3.8) is 0 Å². The molecule has 0 saturated carbocycles. The highest BCUT2D eigenvalue weighted by Gasteiger charge is 2.02. The summed E-state index contributed by atoms with van der Waals surface area (Å²) in [6, 6.07) is 0.304. The predicted molar refractivity (Wildman–Crippen MR) is 64.3 cm³/mol. The van der Waals surface area contributed by atoms with Crippen LogP contribution in [0.4, 0.5) is 0 Å². The van der Waals surface area contributed by atoms with Gasteiger partial charge in [-0.2, -0.15) is 0 Å². The summed E-state index contributed by atoms with van der Waals surface area (Å²) < 4.78 is 0. The molecular weight excluding hydrogens is 170 g/mol. The monoisotopic (exact) mass is 195 g/mol. The first-order valence-corrected chi connectivity index (χ1v) is 6.04. The van der Waals surface area contributed by atoms with Crippen molar-refractivity contribution in [2.75, 3.05) is 6.54 Å². The third kappa shape index (κ3) is 8.13. The fourth-order valence-electron chi connectivity index (χ4n) is 1.47. The molecule has 1 heteroatoms. The molecule has 0 saturated heterocycles. The average Bonchev–Trinajstić information content (AvgIpc) is 2.22. The second-order valence-corrected chi connectivity index (χ2v) is 3.88. The van der Waals surface area contributed by atoms with E-state index in [4.69, 9.17) is 6.42 Å². The van der Waals surface area contributed by atoms with Crippen LogP contribution in [0.5, 0.6) is 0 Å². The van der Waals surface area contributed by atoms with E-state index in [0.717, 1.165) is 13.0 Å². The Morgan fingerprint density at radius 1 is 1.07 bits per heavy atom. The first-order chi connectivity index (χ1) is 6.85. The summed E-state index contributed by atoms with van der Waals surface area (Å²) in [7, 11) is 0. The number of rotatable bonds is 9. The molecule has 1 unspecified atom stereocenters. The molecule has 0 amide bonds. The summed E-state index contributed by atoms with van der Waals surface area (Å²) in [5.74, 6) is 2.83. The molecule has 0 aliphatic heterocycles. The number of terminal acetylenes is 1. The van der Waals surface area contributed by atoms with Crippen LogP contribution in [0.1, 0.15) is 58.8 Å².